The maximum Gasteiger partial charge on any atom is 0.0653 e. The Bertz CT molecular complexity index is 121. The SMILES string of the molecule is CC(C)(C)OCC1(N)CC1.Cl. The lowest BCUT2D eigenvalue weighted by molar-refractivity contribution is -0.0136. The van der Waals surface area contributed by atoms with Crippen molar-refractivity contribution in [3.05, 3.63) is 0 Å². The molecule has 0 radical (unpaired) electrons. The minimum Gasteiger partial charge on any atom is -0.374 e. The van der Waals surface area contributed by atoms with Crippen molar-refractivity contribution in [1.29, 1.82) is 0 Å². The summed E-state index contributed by atoms with van der Waals surface area (Å²) in [5.41, 5.74) is 5.83. The quantitative estimate of drug-likeness (QED) is 0.701. The first-order valence-electron chi connectivity index (χ1n) is 3.84. The number of hydrogen-bond acceptors (Lipinski definition) is 2. The zero-order valence-electron chi connectivity index (χ0n) is 7.52. The summed E-state index contributed by atoms with van der Waals surface area (Å²) in [7, 11) is 0. The molecule has 0 aromatic carbocycles. The number of halogens is 1. The van der Waals surface area contributed by atoms with Gasteiger partial charge in [0.05, 0.1) is 12.2 Å². The summed E-state index contributed by atoms with van der Waals surface area (Å²) in [6, 6.07) is 0. The Morgan fingerprint density at radius 1 is 1.36 bits per heavy atom. The summed E-state index contributed by atoms with van der Waals surface area (Å²) in [4.78, 5) is 0. The highest BCUT2D eigenvalue weighted by molar-refractivity contribution is 5.85. The molecule has 1 aliphatic rings. The molecular weight excluding hydrogens is 162 g/mol. The molecule has 0 bridgehead atoms. The summed E-state index contributed by atoms with van der Waals surface area (Å²) in [5.74, 6) is 0. The van der Waals surface area contributed by atoms with E-state index in [1.54, 1.807) is 0 Å². The van der Waals surface area contributed by atoms with E-state index in [9.17, 15) is 0 Å². The van der Waals surface area contributed by atoms with Crippen LogP contribution >= 0.6 is 12.4 Å². The predicted molar refractivity (Wildman–Crippen MR) is 49.1 cm³/mol. The Labute approximate surface area is 74.9 Å². The van der Waals surface area contributed by atoms with Gasteiger partial charge >= 0.3 is 0 Å². The second kappa shape index (κ2) is 3.30. The van der Waals surface area contributed by atoms with Crippen LogP contribution in [-0.4, -0.2) is 17.7 Å². The molecule has 0 aromatic heterocycles. The topological polar surface area (TPSA) is 35.2 Å². The monoisotopic (exact) mass is 179 g/mol. The maximum atomic E-state index is 5.83. The van der Waals surface area contributed by atoms with Crippen molar-refractivity contribution in [3.63, 3.8) is 0 Å². The number of hydrogen-bond donors (Lipinski definition) is 1. The third kappa shape index (κ3) is 4.62. The van der Waals surface area contributed by atoms with Crippen LogP contribution in [0.3, 0.4) is 0 Å². The molecule has 1 fully saturated rings. The van der Waals surface area contributed by atoms with Crippen LogP contribution in [-0.2, 0) is 4.74 Å². The first-order chi connectivity index (χ1) is 4.41. The lowest BCUT2D eigenvalue weighted by atomic mass is 10.2. The van der Waals surface area contributed by atoms with E-state index >= 15 is 0 Å². The molecule has 0 atom stereocenters. The predicted octanol–water partition coefficient (Wildman–Crippen LogP) is 1.71. The van der Waals surface area contributed by atoms with Gasteiger partial charge in [-0.1, -0.05) is 0 Å². The summed E-state index contributed by atoms with van der Waals surface area (Å²) < 4.78 is 5.53. The fourth-order valence-electron chi connectivity index (χ4n) is 0.665. The molecule has 2 N–H and O–H groups in total. The third-order valence-electron chi connectivity index (χ3n) is 1.68. The lowest BCUT2D eigenvalue weighted by Crippen LogP contribution is -2.33. The summed E-state index contributed by atoms with van der Waals surface area (Å²) in [5, 5.41) is 0. The molecular formula is C8H18ClNO. The van der Waals surface area contributed by atoms with Crippen molar-refractivity contribution in [1.82, 2.24) is 0 Å². The van der Waals surface area contributed by atoms with Crippen LogP contribution in [0.2, 0.25) is 0 Å². The Morgan fingerprint density at radius 3 is 2.09 bits per heavy atom. The average Bonchev–Trinajstić information content (AvgIpc) is 2.43. The minimum atomic E-state index is -0.0328. The molecule has 68 valence electrons. The molecule has 2 nitrogen and oxygen atoms in total. The normalized spacial score (nSPS) is 20.7. The van der Waals surface area contributed by atoms with Gasteiger partial charge in [0.1, 0.15) is 0 Å². The minimum absolute atomic E-state index is 0. The van der Waals surface area contributed by atoms with Crippen LogP contribution in [0.15, 0.2) is 0 Å². The van der Waals surface area contributed by atoms with Crippen LogP contribution in [0, 0.1) is 0 Å². The second-order valence-electron chi connectivity index (χ2n) is 4.26. The van der Waals surface area contributed by atoms with E-state index < -0.39 is 0 Å². The standard InChI is InChI=1S/C8H17NO.ClH/c1-7(2,3)10-6-8(9)4-5-8;/h4-6,9H2,1-3H3;1H. The molecule has 1 saturated carbocycles. The zero-order chi connectivity index (χ0) is 7.83. The Balaban J connectivity index is 0.000001000. The van der Waals surface area contributed by atoms with Crippen LogP contribution in [0.1, 0.15) is 33.6 Å². The van der Waals surface area contributed by atoms with Gasteiger partial charge in [0.25, 0.3) is 0 Å². The van der Waals surface area contributed by atoms with E-state index in [0.29, 0.717) is 0 Å². The molecule has 0 heterocycles. The Morgan fingerprint density at radius 2 is 1.82 bits per heavy atom. The first kappa shape index (κ1) is 11.2. The van der Waals surface area contributed by atoms with Gasteiger partial charge in [-0.05, 0) is 33.6 Å². The molecule has 0 saturated heterocycles. The smallest absolute Gasteiger partial charge is 0.0653 e. The maximum absolute atomic E-state index is 5.83. The van der Waals surface area contributed by atoms with Crippen LogP contribution < -0.4 is 5.73 Å². The van der Waals surface area contributed by atoms with Crippen molar-refractivity contribution in [2.75, 3.05) is 6.61 Å². The van der Waals surface area contributed by atoms with Gasteiger partial charge in [0.15, 0.2) is 0 Å². The van der Waals surface area contributed by atoms with Gasteiger partial charge in [-0.2, -0.15) is 0 Å². The molecule has 11 heavy (non-hydrogen) atoms. The van der Waals surface area contributed by atoms with Gasteiger partial charge in [-0.25, -0.2) is 0 Å². The Hall–Kier alpha value is 0.210. The molecule has 0 aromatic rings. The fraction of sp³-hybridized carbons (Fsp3) is 1.00. The van der Waals surface area contributed by atoms with Gasteiger partial charge < -0.3 is 10.5 Å². The van der Waals surface area contributed by atoms with Gasteiger partial charge in [0.2, 0.25) is 0 Å². The van der Waals surface area contributed by atoms with Crippen molar-refractivity contribution in [3.8, 4) is 0 Å². The largest absolute Gasteiger partial charge is 0.374 e. The van der Waals surface area contributed by atoms with Crippen molar-refractivity contribution in [2.45, 2.75) is 44.8 Å². The third-order valence-corrected chi connectivity index (χ3v) is 1.68. The summed E-state index contributed by atoms with van der Waals surface area (Å²) >= 11 is 0. The molecule has 1 aliphatic carbocycles. The average molecular weight is 180 g/mol. The lowest BCUT2D eigenvalue weighted by Gasteiger charge is -2.21. The number of ether oxygens (including phenoxy) is 1. The number of nitrogens with two attached hydrogens (primary N) is 1. The summed E-state index contributed by atoms with van der Waals surface area (Å²) in [6.45, 7) is 6.88. The van der Waals surface area contributed by atoms with Crippen LogP contribution in [0.4, 0.5) is 0 Å². The van der Waals surface area contributed by atoms with Crippen LogP contribution in [0.25, 0.3) is 0 Å². The number of rotatable bonds is 2. The molecule has 1 rings (SSSR count). The summed E-state index contributed by atoms with van der Waals surface area (Å²) in [6.07, 6.45) is 2.26. The molecule has 3 heteroatoms. The van der Waals surface area contributed by atoms with Crippen molar-refractivity contribution in [2.24, 2.45) is 5.73 Å². The highest BCUT2D eigenvalue weighted by Gasteiger charge is 2.39. The van der Waals surface area contributed by atoms with Crippen molar-refractivity contribution >= 4 is 12.4 Å². The van der Waals surface area contributed by atoms with E-state index in [2.05, 4.69) is 20.8 Å². The van der Waals surface area contributed by atoms with Crippen molar-refractivity contribution < 1.29 is 4.74 Å². The first-order valence-corrected chi connectivity index (χ1v) is 3.84. The molecule has 0 amide bonds. The van der Waals surface area contributed by atoms with E-state index in [4.69, 9.17) is 10.5 Å². The second-order valence-corrected chi connectivity index (χ2v) is 4.26. The molecule has 0 spiro atoms. The van der Waals surface area contributed by atoms with Crippen LogP contribution in [0.5, 0.6) is 0 Å². The van der Waals surface area contributed by atoms with E-state index in [1.165, 1.54) is 0 Å². The zero-order valence-corrected chi connectivity index (χ0v) is 8.33. The highest BCUT2D eigenvalue weighted by Crippen LogP contribution is 2.33. The van der Waals surface area contributed by atoms with Gasteiger partial charge in [-0.3, -0.25) is 0 Å². The van der Waals surface area contributed by atoms with E-state index in [-0.39, 0.29) is 23.5 Å². The van der Waals surface area contributed by atoms with Gasteiger partial charge in [-0.15, -0.1) is 12.4 Å². The fourth-order valence-corrected chi connectivity index (χ4v) is 0.665. The Kier molecular flexibility index (Phi) is 3.36. The van der Waals surface area contributed by atoms with Gasteiger partial charge in [0, 0.05) is 5.54 Å². The molecule has 0 unspecified atom stereocenters. The highest BCUT2D eigenvalue weighted by atomic mass is 35.5. The van der Waals surface area contributed by atoms with E-state index in [0.717, 1.165) is 19.4 Å². The molecule has 0 aliphatic heterocycles. The van der Waals surface area contributed by atoms with E-state index in [1.807, 2.05) is 0 Å².